The normalized spacial score (nSPS) is 18.1. The molecular formula is C23H26N4O5. The molecule has 1 aliphatic rings. The van der Waals surface area contributed by atoms with E-state index in [4.69, 9.17) is 14.2 Å². The van der Waals surface area contributed by atoms with E-state index in [1.165, 1.54) is 14.2 Å². The minimum absolute atomic E-state index is 0.0763. The lowest BCUT2D eigenvalue weighted by atomic mass is 9.84. The lowest BCUT2D eigenvalue weighted by molar-refractivity contribution is -0.0189. The Balaban J connectivity index is 1.73. The van der Waals surface area contributed by atoms with Gasteiger partial charge in [0.15, 0.2) is 0 Å². The van der Waals surface area contributed by atoms with Gasteiger partial charge in [-0.15, -0.1) is 0 Å². The monoisotopic (exact) mass is 438 g/mol. The van der Waals surface area contributed by atoms with Gasteiger partial charge in [0.25, 0.3) is 0 Å². The first-order chi connectivity index (χ1) is 15.2. The van der Waals surface area contributed by atoms with Crippen LogP contribution in [0.4, 0.5) is 11.6 Å². The van der Waals surface area contributed by atoms with Crippen LogP contribution in [0.3, 0.4) is 0 Å². The van der Waals surface area contributed by atoms with Gasteiger partial charge < -0.3 is 24.6 Å². The zero-order chi connectivity index (χ0) is 23.0. The van der Waals surface area contributed by atoms with Crippen molar-refractivity contribution in [2.24, 2.45) is 0 Å². The van der Waals surface area contributed by atoms with Gasteiger partial charge in [-0.25, -0.2) is 19.7 Å². The van der Waals surface area contributed by atoms with Gasteiger partial charge in [-0.2, -0.15) is 0 Å². The van der Waals surface area contributed by atoms with Crippen LogP contribution in [0.5, 0.6) is 5.88 Å². The summed E-state index contributed by atoms with van der Waals surface area (Å²) < 4.78 is 16.0. The Morgan fingerprint density at radius 2 is 1.97 bits per heavy atom. The molecule has 168 valence electrons. The van der Waals surface area contributed by atoms with Crippen LogP contribution >= 0.6 is 0 Å². The Morgan fingerprint density at radius 3 is 2.69 bits per heavy atom. The first kappa shape index (κ1) is 21.9. The molecular weight excluding hydrogens is 412 g/mol. The lowest BCUT2D eigenvalue weighted by Gasteiger charge is -2.36. The smallest absolute Gasteiger partial charge is 0.340 e. The number of aliphatic hydroxyl groups is 1. The van der Waals surface area contributed by atoms with Gasteiger partial charge in [-0.3, -0.25) is 0 Å². The zero-order valence-corrected chi connectivity index (χ0v) is 18.7. The van der Waals surface area contributed by atoms with Crippen molar-refractivity contribution in [3.63, 3.8) is 0 Å². The number of aromatic nitrogens is 3. The Hall–Kier alpha value is -3.30. The molecule has 0 unspecified atom stereocenters. The maximum Gasteiger partial charge on any atom is 0.340 e. The Bertz CT molecular complexity index is 1180. The molecule has 2 atom stereocenters. The predicted molar refractivity (Wildman–Crippen MR) is 118 cm³/mol. The summed E-state index contributed by atoms with van der Waals surface area (Å²) >= 11 is 0. The molecule has 0 fully saturated rings. The van der Waals surface area contributed by atoms with Crippen molar-refractivity contribution in [1.29, 1.82) is 0 Å². The third-order valence-corrected chi connectivity index (χ3v) is 5.85. The molecule has 0 saturated carbocycles. The third kappa shape index (κ3) is 3.85. The van der Waals surface area contributed by atoms with Gasteiger partial charge in [-0.05, 0) is 37.4 Å². The molecule has 0 bridgehead atoms. The molecule has 4 rings (SSSR count). The van der Waals surface area contributed by atoms with Crippen molar-refractivity contribution in [1.82, 2.24) is 15.0 Å². The van der Waals surface area contributed by atoms with E-state index in [1.54, 1.807) is 30.6 Å². The van der Waals surface area contributed by atoms with E-state index in [1.807, 2.05) is 20.8 Å². The summed E-state index contributed by atoms with van der Waals surface area (Å²) in [5.41, 5.74) is 1.10. The summed E-state index contributed by atoms with van der Waals surface area (Å²) in [6.07, 6.45) is 2.35. The second-order valence-electron chi connectivity index (χ2n) is 8.28. The maximum absolute atomic E-state index is 12.3. The molecule has 0 aromatic carbocycles. The fourth-order valence-corrected chi connectivity index (χ4v) is 3.77. The highest BCUT2D eigenvalue weighted by atomic mass is 16.6. The number of pyridine rings is 3. The van der Waals surface area contributed by atoms with E-state index in [9.17, 15) is 9.90 Å². The van der Waals surface area contributed by atoms with Crippen molar-refractivity contribution < 1.29 is 24.1 Å². The highest BCUT2D eigenvalue weighted by molar-refractivity contribution is 5.93. The molecule has 0 saturated heterocycles. The van der Waals surface area contributed by atoms with Crippen LogP contribution in [-0.2, 0) is 9.47 Å². The SMILES string of the molecule is COC[C@@H](O)c1cnc(OC)c2cnc(Nc3ccc4c(n3)[C@@H](C)C(C)(C)OC4=O)cc12. The Labute approximate surface area is 185 Å². The summed E-state index contributed by atoms with van der Waals surface area (Å²) in [7, 11) is 3.06. The van der Waals surface area contributed by atoms with Gasteiger partial charge in [0.2, 0.25) is 5.88 Å². The van der Waals surface area contributed by atoms with Gasteiger partial charge in [0.05, 0.1) is 30.4 Å². The molecule has 3 aromatic heterocycles. The number of nitrogens with zero attached hydrogens (tertiary/aromatic N) is 3. The average molecular weight is 438 g/mol. The topological polar surface area (TPSA) is 116 Å². The van der Waals surface area contributed by atoms with E-state index in [0.717, 1.165) is 5.39 Å². The number of hydrogen-bond donors (Lipinski definition) is 2. The van der Waals surface area contributed by atoms with E-state index in [0.29, 0.717) is 39.7 Å². The lowest BCUT2D eigenvalue weighted by Crippen LogP contribution is -2.39. The number of fused-ring (bicyclic) bond motifs is 2. The Morgan fingerprint density at radius 1 is 1.19 bits per heavy atom. The number of nitrogens with one attached hydrogen (secondary N) is 1. The van der Waals surface area contributed by atoms with Crippen LogP contribution in [0.15, 0.2) is 30.6 Å². The highest BCUT2D eigenvalue weighted by Crippen LogP contribution is 2.38. The third-order valence-electron chi connectivity index (χ3n) is 5.85. The minimum atomic E-state index is -0.855. The average Bonchev–Trinajstić information content (AvgIpc) is 2.76. The van der Waals surface area contributed by atoms with E-state index >= 15 is 0 Å². The Kier molecular flexibility index (Phi) is 5.70. The van der Waals surface area contributed by atoms with E-state index in [-0.39, 0.29) is 18.5 Å². The number of rotatable bonds is 6. The zero-order valence-electron chi connectivity index (χ0n) is 18.7. The number of anilines is 2. The van der Waals surface area contributed by atoms with Crippen molar-refractivity contribution >= 4 is 28.4 Å². The highest BCUT2D eigenvalue weighted by Gasteiger charge is 2.40. The summed E-state index contributed by atoms with van der Waals surface area (Å²) in [5.74, 6) is 1.03. The minimum Gasteiger partial charge on any atom is -0.481 e. The van der Waals surface area contributed by atoms with Gasteiger partial charge >= 0.3 is 5.97 Å². The van der Waals surface area contributed by atoms with Gasteiger partial charge in [0, 0.05) is 31.0 Å². The van der Waals surface area contributed by atoms with E-state index < -0.39 is 11.7 Å². The van der Waals surface area contributed by atoms with Crippen LogP contribution in [0.25, 0.3) is 10.8 Å². The first-order valence-corrected chi connectivity index (χ1v) is 10.3. The number of hydrogen-bond acceptors (Lipinski definition) is 9. The van der Waals surface area contributed by atoms with Gasteiger partial charge in [0.1, 0.15) is 23.3 Å². The molecule has 32 heavy (non-hydrogen) atoms. The summed E-state index contributed by atoms with van der Waals surface area (Å²) in [4.78, 5) is 25.7. The molecule has 1 aliphatic heterocycles. The number of ether oxygens (including phenoxy) is 3. The van der Waals surface area contributed by atoms with Crippen molar-refractivity contribution in [3.8, 4) is 5.88 Å². The second kappa shape index (κ2) is 8.33. The second-order valence-corrected chi connectivity index (χ2v) is 8.28. The fraction of sp³-hybridized carbons (Fsp3) is 0.391. The molecule has 9 nitrogen and oxygen atoms in total. The van der Waals surface area contributed by atoms with Crippen LogP contribution < -0.4 is 10.1 Å². The number of carbonyl (C=O) groups is 1. The van der Waals surface area contributed by atoms with Crippen molar-refractivity contribution in [3.05, 3.63) is 47.4 Å². The van der Waals surface area contributed by atoms with Crippen molar-refractivity contribution in [2.45, 2.75) is 38.4 Å². The number of esters is 1. The number of carbonyl (C=O) groups excluding carboxylic acids is 1. The molecule has 2 N–H and O–H groups in total. The van der Waals surface area contributed by atoms with Crippen LogP contribution in [-0.4, -0.2) is 52.5 Å². The largest absolute Gasteiger partial charge is 0.481 e. The van der Waals surface area contributed by atoms with Crippen LogP contribution in [0.2, 0.25) is 0 Å². The molecule has 4 heterocycles. The predicted octanol–water partition coefficient (Wildman–Crippen LogP) is 3.51. The number of aliphatic hydroxyl groups excluding tert-OH is 1. The summed E-state index contributed by atoms with van der Waals surface area (Å²) in [6.45, 7) is 5.86. The van der Waals surface area contributed by atoms with Crippen molar-refractivity contribution in [2.75, 3.05) is 26.1 Å². The summed E-state index contributed by atoms with van der Waals surface area (Å²) in [5, 5.41) is 15.1. The molecule has 0 radical (unpaired) electrons. The molecule has 0 spiro atoms. The number of methoxy groups -OCH3 is 2. The van der Waals surface area contributed by atoms with Gasteiger partial charge in [-0.1, -0.05) is 6.92 Å². The van der Waals surface area contributed by atoms with Crippen LogP contribution in [0, 0.1) is 0 Å². The standard InChI is InChI=1S/C23H26N4O5/c1-12-20-13(22(29)32-23(12,2)3)6-7-18(27-20)26-19-8-14-15(17(28)11-30-4)9-25-21(31-5)16(14)10-24-19/h6-10,12,17,28H,11H2,1-5H3,(H,24,26,27)/t12-,17-/m1/s1. The number of cyclic esters (lactones) is 1. The first-order valence-electron chi connectivity index (χ1n) is 10.3. The maximum atomic E-state index is 12.3. The fourth-order valence-electron chi connectivity index (χ4n) is 3.77. The molecule has 9 heteroatoms. The molecule has 3 aromatic rings. The van der Waals surface area contributed by atoms with E-state index in [2.05, 4.69) is 20.3 Å². The summed E-state index contributed by atoms with van der Waals surface area (Å²) in [6, 6.07) is 5.22. The quantitative estimate of drug-likeness (QED) is 0.558. The molecule has 0 aliphatic carbocycles. The van der Waals surface area contributed by atoms with Crippen LogP contribution in [0.1, 0.15) is 54.4 Å². The molecule has 0 amide bonds.